The molecule has 1 nitrogen and oxygen atoms in total. The van der Waals surface area contributed by atoms with Crippen molar-refractivity contribution in [2.45, 2.75) is 64.7 Å². The number of allylic oxidation sites excluding steroid dienone is 2. The van der Waals surface area contributed by atoms with E-state index in [1.165, 1.54) is 50.7 Å². The smallest absolute Gasteiger partial charge is 0.144 e. The van der Waals surface area contributed by atoms with E-state index in [0.29, 0.717) is 17.9 Å². The largest absolute Gasteiger partial charge is 0.205 e. The summed E-state index contributed by atoms with van der Waals surface area (Å²) >= 11 is 0. The van der Waals surface area contributed by atoms with Gasteiger partial charge in [-0.05, 0) is 61.6 Å². The molecule has 1 fully saturated rings. The third kappa shape index (κ3) is 5.44. The molecule has 0 N–H and O–H groups in total. The van der Waals surface area contributed by atoms with Crippen molar-refractivity contribution in [2.24, 2.45) is 11.8 Å². The summed E-state index contributed by atoms with van der Waals surface area (Å²) in [5, 5.41) is 8.71. The second-order valence-electron chi connectivity index (χ2n) is 6.93. The number of halogens is 2. The van der Waals surface area contributed by atoms with Crippen LogP contribution in [0.15, 0.2) is 24.3 Å². The molecule has 1 saturated carbocycles. The van der Waals surface area contributed by atoms with Crippen LogP contribution in [0.2, 0.25) is 0 Å². The van der Waals surface area contributed by atoms with Gasteiger partial charge < -0.3 is 0 Å². The van der Waals surface area contributed by atoms with Crippen molar-refractivity contribution in [1.29, 1.82) is 5.26 Å². The lowest BCUT2D eigenvalue weighted by Crippen LogP contribution is -2.15. The maximum absolute atomic E-state index is 13.6. The lowest BCUT2D eigenvalue weighted by Gasteiger charge is -2.28. The Labute approximate surface area is 144 Å². The molecule has 1 aromatic carbocycles. The molecule has 2 rings (SSSR count). The minimum absolute atomic E-state index is 0.476. The first-order valence-electron chi connectivity index (χ1n) is 9.17. The molecule has 0 atom stereocenters. The van der Waals surface area contributed by atoms with E-state index in [2.05, 4.69) is 19.1 Å². The fraction of sp³-hybridized carbons (Fsp3) is 0.571. The molecule has 0 aromatic heterocycles. The first-order chi connectivity index (χ1) is 11.6. The van der Waals surface area contributed by atoms with Gasteiger partial charge in [-0.15, -0.1) is 0 Å². The number of nitrogens with zero attached hydrogens (tertiary/aromatic N) is 1. The molecule has 0 unspecified atom stereocenters. The van der Waals surface area contributed by atoms with Gasteiger partial charge >= 0.3 is 0 Å². The van der Waals surface area contributed by atoms with Crippen LogP contribution >= 0.6 is 0 Å². The maximum atomic E-state index is 13.6. The molecular formula is C21H27F2N. The Morgan fingerprint density at radius 3 is 2.17 bits per heavy atom. The van der Waals surface area contributed by atoms with Crippen LogP contribution in [-0.2, 0) is 6.42 Å². The SMILES string of the molecule is CC/C=C/CCC1CCC(CCc2cc(F)c(C#N)c(F)c2)CC1. The Morgan fingerprint density at radius 1 is 1.04 bits per heavy atom. The van der Waals surface area contributed by atoms with Crippen LogP contribution in [0.25, 0.3) is 0 Å². The van der Waals surface area contributed by atoms with Crippen molar-refractivity contribution in [1.82, 2.24) is 0 Å². The van der Waals surface area contributed by atoms with Crippen LogP contribution in [0.5, 0.6) is 0 Å². The van der Waals surface area contributed by atoms with Crippen molar-refractivity contribution in [3.63, 3.8) is 0 Å². The van der Waals surface area contributed by atoms with Crippen molar-refractivity contribution in [2.75, 3.05) is 0 Å². The normalized spacial score (nSPS) is 21.1. The summed E-state index contributed by atoms with van der Waals surface area (Å²) in [5.41, 5.74) is 0.187. The number of nitriles is 1. The Hall–Kier alpha value is -1.69. The fourth-order valence-corrected chi connectivity index (χ4v) is 3.67. The third-order valence-corrected chi connectivity index (χ3v) is 5.17. The lowest BCUT2D eigenvalue weighted by atomic mass is 9.78. The highest BCUT2D eigenvalue weighted by atomic mass is 19.1. The first kappa shape index (κ1) is 18.6. The summed E-state index contributed by atoms with van der Waals surface area (Å²) in [6, 6.07) is 4.20. The molecule has 1 aliphatic rings. The van der Waals surface area contributed by atoms with Crippen LogP contribution in [0.1, 0.15) is 69.4 Å². The monoisotopic (exact) mass is 331 g/mol. The van der Waals surface area contributed by atoms with Crippen molar-refractivity contribution in [3.05, 3.63) is 47.0 Å². The van der Waals surface area contributed by atoms with E-state index in [9.17, 15) is 8.78 Å². The standard InChI is InChI=1S/C21H27F2N/c1-2-3-4-5-6-16-7-9-17(10-8-16)11-12-18-13-20(22)19(15-24)21(23)14-18/h3-4,13-14,16-17H,2,5-12H2,1H3/b4-3+. The van der Waals surface area contributed by atoms with Crippen LogP contribution in [0.3, 0.4) is 0 Å². The summed E-state index contributed by atoms with van der Waals surface area (Å²) in [7, 11) is 0. The average Bonchev–Trinajstić information content (AvgIpc) is 2.58. The van der Waals surface area contributed by atoms with E-state index in [1.54, 1.807) is 6.07 Å². The molecule has 1 aromatic rings. The molecule has 0 aliphatic heterocycles. The average molecular weight is 331 g/mol. The quantitative estimate of drug-likeness (QED) is 0.536. The van der Waals surface area contributed by atoms with Gasteiger partial charge in [-0.3, -0.25) is 0 Å². The summed E-state index contributed by atoms with van der Waals surface area (Å²) in [5.74, 6) is 0.0226. The molecule has 24 heavy (non-hydrogen) atoms. The van der Waals surface area contributed by atoms with Gasteiger partial charge in [0.2, 0.25) is 0 Å². The van der Waals surface area contributed by atoms with E-state index in [4.69, 9.17) is 5.26 Å². The topological polar surface area (TPSA) is 23.8 Å². The zero-order chi connectivity index (χ0) is 17.4. The second-order valence-corrected chi connectivity index (χ2v) is 6.93. The van der Waals surface area contributed by atoms with Gasteiger partial charge in [0.05, 0.1) is 0 Å². The summed E-state index contributed by atoms with van der Waals surface area (Å²) in [4.78, 5) is 0. The predicted octanol–water partition coefficient (Wildman–Crippen LogP) is 6.32. The van der Waals surface area contributed by atoms with Crippen LogP contribution in [0.4, 0.5) is 8.78 Å². The highest BCUT2D eigenvalue weighted by Crippen LogP contribution is 2.34. The molecule has 130 valence electrons. The number of hydrogen-bond donors (Lipinski definition) is 0. The zero-order valence-electron chi connectivity index (χ0n) is 14.5. The van der Waals surface area contributed by atoms with Gasteiger partial charge in [0.1, 0.15) is 23.3 Å². The lowest BCUT2D eigenvalue weighted by molar-refractivity contribution is 0.254. The molecule has 0 radical (unpaired) electrons. The molecule has 0 saturated heterocycles. The van der Waals surface area contributed by atoms with Crippen molar-refractivity contribution in [3.8, 4) is 6.07 Å². The maximum Gasteiger partial charge on any atom is 0.144 e. The van der Waals surface area contributed by atoms with Gasteiger partial charge in [0, 0.05) is 0 Å². The number of hydrogen-bond acceptors (Lipinski definition) is 1. The Balaban J connectivity index is 1.75. The van der Waals surface area contributed by atoms with Crippen LogP contribution in [-0.4, -0.2) is 0 Å². The van der Waals surface area contributed by atoms with Crippen molar-refractivity contribution < 1.29 is 8.78 Å². The highest BCUT2D eigenvalue weighted by Gasteiger charge is 2.21. The Kier molecular flexibility index (Phi) is 7.43. The third-order valence-electron chi connectivity index (χ3n) is 5.17. The molecule has 0 spiro atoms. The second kappa shape index (κ2) is 9.57. The van der Waals surface area contributed by atoms with Gasteiger partial charge in [0.15, 0.2) is 0 Å². The van der Waals surface area contributed by atoms with Crippen LogP contribution < -0.4 is 0 Å². The first-order valence-corrected chi connectivity index (χ1v) is 9.17. The summed E-state index contributed by atoms with van der Waals surface area (Å²) < 4.78 is 27.3. The van der Waals surface area contributed by atoms with E-state index in [1.807, 2.05) is 0 Å². The highest BCUT2D eigenvalue weighted by molar-refractivity contribution is 5.35. The summed E-state index contributed by atoms with van der Waals surface area (Å²) in [6.45, 7) is 2.16. The fourth-order valence-electron chi connectivity index (χ4n) is 3.67. The number of benzene rings is 1. The predicted molar refractivity (Wildman–Crippen MR) is 93.5 cm³/mol. The molecule has 1 aliphatic carbocycles. The number of aryl methyl sites for hydroxylation is 1. The molecular weight excluding hydrogens is 304 g/mol. The molecule has 0 amide bonds. The minimum atomic E-state index is -0.739. The summed E-state index contributed by atoms with van der Waals surface area (Å²) in [6.07, 6.45) is 14.8. The van der Waals surface area contributed by atoms with Gasteiger partial charge in [-0.25, -0.2) is 8.78 Å². The molecule has 0 heterocycles. The molecule has 3 heteroatoms. The van der Waals surface area contributed by atoms with E-state index in [-0.39, 0.29) is 0 Å². The Bertz CT molecular complexity index is 569. The van der Waals surface area contributed by atoms with E-state index in [0.717, 1.165) is 18.8 Å². The number of rotatable bonds is 7. The van der Waals surface area contributed by atoms with E-state index >= 15 is 0 Å². The van der Waals surface area contributed by atoms with E-state index < -0.39 is 17.2 Å². The minimum Gasteiger partial charge on any atom is -0.205 e. The Morgan fingerprint density at radius 2 is 1.62 bits per heavy atom. The van der Waals surface area contributed by atoms with Gasteiger partial charge in [0.25, 0.3) is 0 Å². The van der Waals surface area contributed by atoms with Gasteiger partial charge in [-0.1, -0.05) is 44.8 Å². The molecule has 0 bridgehead atoms. The van der Waals surface area contributed by atoms with Gasteiger partial charge in [-0.2, -0.15) is 5.26 Å². The van der Waals surface area contributed by atoms with Crippen molar-refractivity contribution >= 4 is 0 Å². The van der Waals surface area contributed by atoms with Crippen LogP contribution in [0, 0.1) is 34.8 Å². The zero-order valence-corrected chi connectivity index (χ0v) is 14.5.